The number of halogens is 2. The van der Waals surface area contributed by atoms with Gasteiger partial charge < -0.3 is 4.74 Å². The van der Waals surface area contributed by atoms with Gasteiger partial charge >= 0.3 is 5.97 Å². The molecule has 8 heteroatoms. The minimum absolute atomic E-state index is 0.254. The minimum atomic E-state index is -1.04. The van der Waals surface area contributed by atoms with Gasteiger partial charge in [-0.1, -0.05) is 17.7 Å². The minimum Gasteiger partial charge on any atom is -0.449 e. The molecule has 0 aliphatic rings. The van der Waals surface area contributed by atoms with E-state index in [9.17, 15) is 18.4 Å². The third kappa shape index (κ3) is 4.83. The molecule has 150 valence electrons. The summed E-state index contributed by atoms with van der Waals surface area (Å²) in [4.78, 5) is 28.8. The molecule has 3 rings (SSSR count). The van der Waals surface area contributed by atoms with Crippen molar-refractivity contribution in [3.8, 4) is 11.3 Å². The fourth-order valence-corrected chi connectivity index (χ4v) is 3.37. The molecule has 0 aliphatic carbocycles. The van der Waals surface area contributed by atoms with E-state index in [4.69, 9.17) is 4.74 Å². The fraction of sp³-hybridized carbons (Fsp3) is 0.190. The number of rotatable bonds is 5. The smallest absolute Gasteiger partial charge is 0.339 e. The summed E-state index contributed by atoms with van der Waals surface area (Å²) in [5.41, 5.74) is 2.95. The van der Waals surface area contributed by atoms with Crippen LogP contribution in [0, 0.1) is 25.5 Å². The van der Waals surface area contributed by atoms with E-state index in [2.05, 4.69) is 10.3 Å². The highest BCUT2D eigenvalue weighted by molar-refractivity contribution is 7.14. The molecule has 5 nitrogen and oxygen atoms in total. The number of anilines is 1. The number of esters is 1. The number of aromatic nitrogens is 1. The molecule has 29 heavy (non-hydrogen) atoms. The topological polar surface area (TPSA) is 68.3 Å². The van der Waals surface area contributed by atoms with Crippen LogP contribution in [0.2, 0.25) is 0 Å². The van der Waals surface area contributed by atoms with Gasteiger partial charge in [-0.2, -0.15) is 0 Å². The summed E-state index contributed by atoms with van der Waals surface area (Å²) in [7, 11) is 0. The monoisotopic (exact) mass is 416 g/mol. The van der Waals surface area contributed by atoms with Gasteiger partial charge in [-0.25, -0.2) is 18.6 Å². The van der Waals surface area contributed by atoms with Crippen LogP contribution in [0.1, 0.15) is 28.4 Å². The van der Waals surface area contributed by atoms with Gasteiger partial charge in [0.1, 0.15) is 0 Å². The second-order valence-electron chi connectivity index (χ2n) is 6.52. The Morgan fingerprint density at radius 3 is 2.55 bits per heavy atom. The van der Waals surface area contributed by atoms with E-state index in [-0.39, 0.29) is 5.13 Å². The lowest BCUT2D eigenvalue weighted by atomic mass is 10.1. The van der Waals surface area contributed by atoms with Crippen molar-refractivity contribution >= 4 is 28.3 Å². The van der Waals surface area contributed by atoms with Crippen LogP contribution in [0.5, 0.6) is 0 Å². The Hall–Kier alpha value is -3.13. The normalized spacial score (nSPS) is 11.8. The Kier molecular flexibility index (Phi) is 6.03. The number of carbonyl (C=O) groups is 2. The number of carbonyl (C=O) groups excluding carboxylic acids is 2. The van der Waals surface area contributed by atoms with Crippen LogP contribution < -0.4 is 5.32 Å². The molecule has 1 aromatic heterocycles. The molecule has 1 amide bonds. The highest BCUT2D eigenvalue weighted by Crippen LogP contribution is 2.26. The largest absolute Gasteiger partial charge is 0.449 e. The number of ether oxygens (including phenoxy) is 1. The van der Waals surface area contributed by atoms with Crippen LogP contribution >= 0.6 is 11.3 Å². The maximum absolute atomic E-state index is 13.4. The quantitative estimate of drug-likeness (QED) is 0.602. The molecule has 0 bridgehead atoms. The molecule has 0 fully saturated rings. The first-order chi connectivity index (χ1) is 13.7. The first kappa shape index (κ1) is 20.6. The number of aryl methyl sites for hydroxylation is 2. The Morgan fingerprint density at radius 2 is 1.86 bits per heavy atom. The van der Waals surface area contributed by atoms with Gasteiger partial charge in [-0.05, 0) is 50.6 Å². The second kappa shape index (κ2) is 8.48. The molecule has 0 saturated carbocycles. The van der Waals surface area contributed by atoms with Crippen LogP contribution in [0.25, 0.3) is 11.3 Å². The summed E-state index contributed by atoms with van der Waals surface area (Å²) in [6.45, 7) is 5.17. The zero-order valence-electron chi connectivity index (χ0n) is 16.0. The number of hydrogen-bond acceptors (Lipinski definition) is 5. The van der Waals surface area contributed by atoms with Crippen LogP contribution in [0.15, 0.2) is 41.8 Å². The maximum atomic E-state index is 13.4. The van der Waals surface area contributed by atoms with E-state index in [0.717, 1.165) is 34.6 Å². The van der Waals surface area contributed by atoms with E-state index in [1.807, 2.05) is 13.0 Å². The summed E-state index contributed by atoms with van der Waals surface area (Å²) >= 11 is 1.12. The van der Waals surface area contributed by atoms with E-state index in [1.54, 1.807) is 24.4 Å². The van der Waals surface area contributed by atoms with Gasteiger partial charge in [0.2, 0.25) is 0 Å². The number of thiazole rings is 1. The van der Waals surface area contributed by atoms with Crippen molar-refractivity contribution < 1.29 is 23.1 Å². The summed E-state index contributed by atoms with van der Waals surface area (Å²) in [5, 5.41) is 4.42. The number of benzene rings is 2. The first-order valence-electron chi connectivity index (χ1n) is 8.74. The van der Waals surface area contributed by atoms with Crippen molar-refractivity contribution in [2.45, 2.75) is 26.9 Å². The van der Waals surface area contributed by atoms with E-state index < -0.39 is 29.6 Å². The van der Waals surface area contributed by atoms with Crippen LogP contribution in [0.3, 0.4) is 0 Å². The molecule has 1 atom stereocenters. The Bertz CT molecular complexity index is 1080. The number of nitrogens with zero attached hydrogens (tertiary/aromatic N) is 1. The van der Waals surface area contributed by atoms with Crippen molar-refractivity contribution in [1.82, 2.24) is 4.98 Å². The lowest BCUT2D eigenvalue weighted by Gasteiger charge is -2.13. The van der Waals surface area contributed by atoms with Crippen molar-refractivity contribution in [2.75, 3.05) is 5.32 Å². The molecule has 2 aromatic carbocycles. The Labute approximate surface area is 170 Å². The average Bonchev–Trinajstić information content (AvgIpc) is 3.12. The third-order valence-electron chi connectivity index (χ3n) is 4.20. The number of hydrogen-bond donors (Lipinski definition) is 1. The predicted molar refractivity (Wildman–Crippen MR) is 107 cm³/mol. The molecule has 3 aromatic rings. The summed E-state index contributed by atoms with van der Waals surface area (Å²) in [6, 6.07) is 8.75. The lowest BCUT2D eigenvalue weighted by molar-refractivity contribution is -0.123. The van der Waals surface area contributed by atoms with E-state index in [0.29, 0.717) is 16.8 Å². The van der Waals surface area contributed by atoms with Crippen molar-refractivity contribution in [3.63, 3.8) is 0 Å². The first-order valence-corrected chi connectivity index (χ1v) is 9.62. The lowest BCUT2D eigenvalue weighted by Crippen LogP contribution is -2.30. The molecular weight excluding hydrogens is 398 g/mol. The van der Waals surface area contributed by atoms with E-state index in [1.165, 1.54) is 13.0 Å². The standard InChI is InChI=1S/C21H18F2N2O3S/c1-11-4-6-15(12(2)8-11)20(27)28-13(3)19(26)25-21-24-18(10-29-21)14-5-7-16(22)17(23)9-14/h4-10,13H,1-3H3,(H,24,25,26)/t13-/m1/s1. The van der Waals surface area contributed by atoms with Crippen LogP contribution in [-0.2, 0) is 9.53 Å². The van der Waals surface area contributed by atoms with E-state index >= 15 is 0 Å². The second-order valence-corrected chi connectivity index (χ2v) is 7.38. The third-order valence-corrected chi connectivity index (χ3v) is 4.96. The molecule has 1 N–H and O–H groups in total. The molecule has 0 saturated heterocycles. The summed E-state index contributed by atoms with van der Waals surface area (Å²) in [5.74, 6) is -3.06. The SMILES string of the molecule is Cc1ccc(C(=O)O[C@H](C)C(=O)Nc2nc(-c3ccc(F)c(F)c3)cs2)c(C)c1. The van der Waals surface area contributed by atoms with Crippen LogP contribution in [-0.4, -0.2) is 23.0 Å². The maximum Gasteiger partial charge on any atom is 0.339 e. The van der Waals surface area contributed by atoms with Crippen molar-refractivity contribution in [3.05, 3.63) is 70.1 Å². The van der Waals surface area contributed by atoms with Gasteiger partial charge in [-0.3, -0.25) is 10.1 Å². The molecule has 0 spiro atoms. The van der Waals surface area contributed by atoms with Gasteiger partial charge in [0.15, 0.2) is 22.9 Å². The molecule has 0 aliphatic heterocycles. The zero-order valence-corrected chi connectivity index (χ0v) is 16.8. The Morgan fingerprint density at radius 1 is 1.10 bits per heavy atom. The molecule has 0 radical (unpaired) electrons. The van der Waals surface area contributed by atoms with Gasteiger partial charge in [0, 0.05) is 10.9 Å². The predicted octanol–water partition coefficient (Wildman–Crippen LogP) is 4.89. The van der Waals surface area contributed by atoms with Crippen LogP contribution in [0.4, 0.5) is 13.9 Å². The number of amides is 1. The van der Waals surface area contributed by atoms with Crippen molar-refractivity contribution in [2.24, 2.45) is 0 Å². The highest BCUT2D eigenvalue weighted by Gasteiger charge is 2.21. The van der Waals surface area contributed by atoms with Gasteiger partial charge in [0.05, 0.1) is 11.3 Å². The summed E-state index contributed by atoms with van der Waals surface area (Å²) < 4.78 is 31.7. The summed E-state index contributed by atoms with van der Waals surface area (Å²) in [6.07, 6.45) is -1.04. The fourth-order valence-electron chi connectivity index (χ4n) is 2.65. The van der Waals surface area contributed by atoms with Crippen molar-refractivity contribution in [1.29, 1.82) is 0 Å². The van der Waals surface area contributed by atoms with Gasteiger partial charge in [0.25, 0.3) is 5.91 Å². The zero-order chi connectivity index (χ0) is 21.1. The average molecular weight is 416 g/mol. The molecular formula is C21H18F2N2O3S. The molecule has 0 unspecified atom stereocenters. The number of nitrogens with one attached hydrogen (secondary N) is 1. The Balaban J connectivity index is 1.64. The highest BCUT2D eigenvalue weighted by atomic mass is 32.1. The van der Waals surface area contributed by atoms with Gasteiger partial charge in [-0.15, -0.1) is 11.3 Å². The molecule has 1 heterocycles.